The molecular formula is C18H19N3. The van der Waals surface area contributed by atoms with E-state index in [0.29, 0.717) is 0 Å². The Balaban J connectivity index is 1.75. The molecule has 3 rings (SSSR count). The average Bonchev–Trinajstić information content (AvgIpc) is 3.02. The average molecular weight is 277 g/mol. The Bertz CT molecular complexity index is 700. The Morgan fingerprint density at radius 2 is 1.76 bits per heavy atom. The zero-order valence-electron chi connectivity index (χ0n) is 12.3. The number of hydrogen-bond donors (Lipinski definition) is 2. The molecule has 0 saturated carbocycles. The van der Waals surface area contributed by atoms with Crippen molar-refractivity contribution >= 4 is 5.69 Å². The van der Waals surface area contributed by atoms with Crippen LogP contribution in [0.3, 0.4) is 0 Å². The number of nitrogens with one attached hydrogen (secondary N) is 2. The van der Waals surface area contributed by atoms with E-state index in [9.17, 15) is 0 Å². The zero-order valence-corrected chi connectivity index (χ0v) is 12.3. The van der Waals surface area contributed by atoms with Gasteiger partial charge in [-0.05, 0) is 48.7 Å². The van der Waals surface area contributed by atoms with Crippen LogP contribution in [-0.4, -0.2) is 10.2 Å². The highest BCUT2D eigenvalue weighted by Crippen LogP contribution is 2.24. The lowest BCUT2D eigenvalue weighted by molar-refractivity contribution is 0.874. The third kappa shape index (κ3) is 2.97. The molecule has 0 aliphatic heterocycles. The Morgan fingerprint density at radius 3 is 2.43 bits per heavy atom. The van der Waals surface area contributed by atoms with Gasteiger partial charge in [0.05, 0.1) is 5.69 Å². The molecule has 0 spiro atoms. The van der Waals surface area contributed by atoms with E-state index >= 15 is 0 Å². The number of aromatic amines is 1. The first kappa shape index (κ1) is 13.4. The predicted octanol–water partition coefficient (Wildman–Crippen LogP) is 4.56. The molecule has 0 bridgehead atoms. The van der Waals surface area contributed by atoms with Crippen molar-refractivity contribution in [2.45, 2.75) is 19.9 Å². The van der Waals surface area contributed by atoms with Crippen molar-refractivity contribution in [1.29, 1.82) is 0 Å². The summed E-state index contributed by atoms with van der Waals surface area (Å²) in [6.45, 7) is 4.33. The van der Waals surface area contributed by atoms with E-state index in [1.165, 1.54) is 11.1 Å². The molecule has 1 heterocycles. The van der Waals surface area contributed by atoms with Crippen LogP contribution in [0.4, 0.5) is 5.69 Å². The molecule has 21 heavy (non-hydrogen) atoms. The van der Waals surface area contributed by atoms with Crippen molar-refractivity contribution in [3.05, 3.63) is 71.9 Å². The molecule has 106 valence electrons. The van der Waals surface area contributed by atoms with Gasteiger partial charge < -0.3 is 5.32 Å². The van der Waals surface area contributed by atoms with Crippen molar-refractivity contribution in [3.63, 3.8) is 0 Å². The molecule has 0 amide bonds. The van der Waals surface area contributed by atoms with E-state index in [0.717, 1.165) is 16.9 Å². The van der Waals surface area contributed by atoms with E-state index in [4.69, 9.17) is 0 Å². The largest absolute Gasteiger partial charge is 0.379 e. The summed E-state index contributed by atoms with van der Waals surface area (Å²) in [4.78, 5) is 0. The predicted molar refractivity (Wildman–Crippen MR) is 87.2 cm³/mol. The minimum Gasteiger partial charge on any atom is -0.379 e. The lowest BCUT2D eigenvalue weighted by Crippen LogP contribution is -2.07. The summed E-state index contributed by atoms with van der Waals surface area (Å²) in [7, 11) is 0. The number of anilines is 1. The number of benzene rings is 2. The van der Waals surface area contributed by atoms with E-state index in [-0.39, 0.29) is 6.04 Å². The Morgan fingerprint density at radius 1 is 1.00 bits per heavy atom. The molecule has 3 aromatic rings. The number of H-pyrrole nitrogens is 1. The normalized spacial score (nSPS) is 12.1. The van der Waals surface area contributed by atoms with Gasteiger partial charge in [-0.15, -0.1) is 0 Å². The maximum atomic E-state index is 3.98. The zero-order chi connectivity index (χ0) is 14.7. The van der Waals surface area contributed by atoms with Crippen LogP contribution < -0.4 is 5.32 Å². The summed E-state index contributed by atoms with van der Waals surface area (Å²) in [5.41, 5.74) is 5.94. The first-order chi connectivity index (χ1) is 10.2. The summed E-state index contributed by atoms with van der Waals surface area (Å²) < 4.78 is 0. The van der Waals surface area contributed by atoms with Crippen molar-refractivity contribution in [3.8, 4) is 11.3 Å². The van der Waals surface area contributed by atoms with Crippen LogP contribution in [0.5, 0.6) is 0 Å². The van der Waals surface area contributed by atoms with Gasteiger partial charge in [-0.25, -0.2) is 0 Å². The standard InChI is InChI=1S/C18H19N3/c1-13-5-3-4-6-17(13)14(2)20-16-9-7-15(8-10-16)18-11-12-19-21-18/h3-12,14,20H,1-2H3,(H,19,21). The minimum absolute atomic E-state index is 0.282. The monoisotopic (exact) mass is 277 g/mol. The highest BCUT2D eigenvalue weighted by atomic mass is 15.1. The number of aryl methyl sites for hydroxylation is 1. The van der Waals surface area contributed by atoms with Crippen LogP contribution in [0.1, 0.15) is 24.1 Å². The fraction of sp³-hybridized carbons (Fsp3) is 0.167. The minimum atomic E-state index is 0.282. The smallest absolute Gasteiger partial charge is 0.0650 e. The first-order valence-corrected chi connectivity index (χ1v) is 7.16. The number of aromatic nitrogens is 2. The Labute approximate surface area is 125 Å². The summed E-state index contributed by atoms with van der Waals surface area (Å²) >= 11 is 0. The molecule has 0 radical (unpaired) electrons. The van der Waals surface area contributed by atoms with E-state index in [1.807, 2.05) is 6.07 Å². The van der Waals surface area contributed by atoms with Crippen molar-refractivity contribution in [2.75, 3.05) is 5.32 Å². The van der Waals surface area contributed by atoms with Crippen molar-refractivity contribution in [2.24, 2.45) is 0 Å². The molecule has 2 N–H and O–H groups in total. The first-order valence-electron chi connectivity index (χ1n) is 7.16. The van der Waals surface area contributed by atoms with Crippen LogP contribution in [0, 0.1) is 6.92 Å². The van der Waals surface area contributed by atoms with E-state index < -0.39 is 0 Å². The maximum Gasteiger partial charge on any atom is 0.0650 e. The molecule has 0 aliphatic rings. The van der Waals surface area contributed by atoms with Crippen LogP contribution in [0.25, 0.3) is 11.3 Å². The van der Waals surface area contributed by atoms with Gasteiger partial charge in [0.15, 0.2) is 0 Å². The molecule has 0 saturated heterocycles. The molecule has 3 nitrogen and oxygen atoms in total. The Hall–Kier alpha value is -2.55. The third-order valence-electron chi connectivity index (χ3n) is 3.73. The lowest BCUT2D eigenvalue weighted by Gasteiger charge is -2.18. The lowest BCUT2D eigenvalue weighted by atomic mass is 10.0. The quantitative estimate of drug-likeness (QED) is 0.734. The number of nitrogens with zero attached hydrogens (tertiary/aromatic N) is 1. The SMILES string of the molecule is Cc1ccccc1C(C)Nc1ccc(-c2ccn[nH]2)cc1. The third-order valence-corrected chi connectivity index (χ3v) is 3.73. The molecule has 1 unspecified atom stereocenters. The fourth-order valence-electron chi connectivity index (χ4n) is 2.56. The molecule has 0 aliphatic carbocycles. The fourth-order valence-corrected chi connectivity index (χ4v) is 2.56. The molecule has 1 aromatic heterocycles. The second-order valence-electron chi connectivity index (χ2n) is 5.27. The van der Waals surface area contributed by atoms with Gasteiger partial charge in [0.25, 0.3) is 0 Å². The highest BCUT2D eigenvalue weighted by Gasteiger charge is 2.07. The van der Waals surface area contributed by atoms with Crippen LogP contribution in [0.15, 0.2) is 60.8 Å². The Kier molecular flexibility index (Phi) is 3.73. The summed E-state index contributed by atoms with van der Waals surface area (Å²) in [5.74, 6) is 0. The number of rotatable bonds is 4. The van der Waals surface area contributed by atoms with Crippen LogP contribution in [-0.2, 0) is 0 Å². The summed E-state index contributed by atoms with van der Waals surface area (Å²) in [5, 5.41) is 10.5. The maximum absolute atomic E-state index is 3.98. The van der Waals surface area contributed by atoms with E-state index in [1.54, 1.807) is 6.20 Å². The molecule has 0 fully saturated rings. The second kappa shape index (κ2) is 5.83. The van der Waals surface area contributed by atoms with Gasteiger partial charge >= 0.3 is 0 Å². The van der Waals surface area contributed by atoms with E-state index in [2.05, 4.69) is 77.9 Å². The molecular weight excluding hydrogens is 258 g/mol. The van der Waals surface area contributed by atoms with Gasteiger partial charge in [0, 0.05) is 17.9 Å². The van der Waals surface area contributed by atoms with Crippen LogP contribution in [0.2, 0.25) is 0 Å². The van der Waals surface area contributed by atoms with Crippen molar-refractivity contribution in [1.82, 2.24) is 10.2 Å². The van der Waals surface area contributed by atoms with Gasteiger partial charge in [-0.3, -0.25) is 5.10 Å². The second-order valence-corrected chi connectivity index (χ2v) is 5.27. The summed E-state index contributed by atoms with van der Waals surface area (Å²) in [6, 6.07) is 19.1. The molecule has 1 atom stereocenters. The molecule has 2 aromatic carbocycles. The van der Waals surface area contributed by atoms with Crippen molar-refractivity contribution < 1.29 is 0 Å². The summed E-state index contributed by atoms with van der Waals surface area (Å²) in [6.07, 6.45) is 1.77. The molecule has 3 heteroatoms. The van der Waals surface area contributed by atoms with Crippen LogP contribution >= 0.6 is 0 Å². The number of hydrogen-bond acceptors (Lipinski definition) is 2. The van der Waals surface area contributed by atoms with Gasteiger partial charge in [0.2, 0.25) is 0 Å². The van der Waals surface area contributed by atoms with Gasteiger partial charge in [0.1, 0.15) is 0 Å². The highest BCUT2D eigenvalue weighted by molar-refractivity contribution is 5.62. The topological polar surface area (TPSA) is 40.7 Å². The van der Waals surface area contributed by atoms with Gasteiger partial charge in [-0.1, -0.05) is 36.4 Å². The van der Waals surface area contributed by atoms with Gasteiger partial charge in [-0.2, -0.15) is 5.10 Å².